The second kappa shape index (κ2) is 6.48. The first-order valence-corrected chi connectivity index (χ1v) is 4.99. The van der Waals surface area contributed by atoms with E-state index in [2.05, 4.69) is 20.8 Å². The summed E-state index contributed by atoms with van der Waals surface area (Å²) in [5.41, 5.74) is 0.772. The van der Waals surface area contributed by atoms with Gasteiger partial charge in [0.25, 0.3) is 0 Å². The van der Waals surface area contributed by atoms with Crippen LogP contribution in [0.25, 0.3) is 0 Å². The van der Waals surface area contributed by atoms with Crippen LogP contribution in [0.3, 0.4) is 0 Å². The van der Waals surface area contributed by atoms with Crippen molar-refractivity contribution in [3.8, 4) is 0 Å². The van der Waals surface area contributed by atoms with Crippen LogP contribution in [0.4, 0.5) is 4.79 Å². The van der Waals surface area contributed by atoms with Crippen LogP contribution in [0, 0.1) is 0 Å². The van der Waals surface area contributed by atoms with Gasteiger partial charge in [0.2, 0.25) is 0 Å². The molecule has 0 aliphatic rings. The molecule has 1 atom stereocenters. The Hall–Kier alpha value is -2.09. The van der Waals surface area contributed by atoms with E-state index in [1.807, 2.05) is 0 Å². The minimum Gasteiger partial charge on any atom is -0.480 e. The van der Waals surface area contributed by atoms with Crippen LogP contribution in [0.2, 0.25) is 0 Å². The number of urea groups is 1. The lowest BCUT2D eigenvalue weighted by Gasteiger charge is -2.13. The second-order valence-corrected chi connectivity index (χ2v) is 3.34. The van der Waals surface area contributed by atoms with Crippen LogP contribution in [-0.2, 0) is 11.3 Å². The average Bonchev–Trinajstić information content (AvgIpc) is 2.78. The van der Waals surface area contributed by atoms with E-state index < -0.39 is 18.0 Å². The third-order valence-corrected chi connectivity index (χ3v) is 2.03. The van der Waals surface area contributed by atoms with E-state index in [9.17, 15) is 9.59 Å². The van der Waals surface area contributed by atoms with Crippen molar-refractivity contribution in [2.75, 3.05) is 6.61 Å². The highest BCUT2D eigenvalue weighted by Crippen LogP contribution is 1.94. The minimum absolute atomic E-state index is 0.0333. The molecular formula is C9H14N4O4. The van der Waals surface area contributed by atoms with Gasteiger partial charge in [-0.2, -0.15) is 5.10 Å². The molecule has 8 heteroatoms. The molecule has 0 saturated carbocycles. The Morgan fingerprint density at radius 3 is 2.82 bits per heavy atom. The van der Waals surface area contributed by atoms with Crippen LogP contribution in [0.15, 0.2) is 12.4 Å². The summed E-state index contributed by atoms with van der Waals surface area (Å²) in [4.78, 5) is 22.0. The topological polar surface area (TPSA) is 127 Å². The summed E-state index contributed by atoms with van der Waals surface area (Å²) in [6.45, 7) is -0.0627. The number of carboxylic acid groups (broad SMARTS) is 1. The van der Waals surface area contributed by atoms with Crippen molar-refractivity contribution in [1.29, 1.82) is 0 Å². The van der Waals surface area contributed by atoms with Gasteiger partial charge in [-0.25, -0.2) is 9.59 Å². The maximum absolute atomic E-state index is 11.3. The van der Waals surface area contributed by atoms with E-state index in [1.54, 1.807) is 12.4 Å². The first kappa shape index (κ1) is 13.0. The monoisotopic (exact) mass is 242 g/mol. The van der Waals surface area contributed by atoms with E-state index in [-0.39, 0.29) is 19.6 Å². The van der Waals surface area contributed by atoms with Gasteiger partial charge in [0.15, 0.2) is 0 Å². The van der Waals surface area contributed by atoms with E-state index in [0.29, 0.717) is 0 Å². The van der Waals surface area contributed by atoms with Crippen LogP contribution < -0.4 is 10.6 Å². The number of hydrogen-bond acceptors (Lipinski definition) is 4. The highest BCUT2D eigenvalue weighted by atomic mass is 16.4. The number of H-pyrrole nitrogens is 1. The summed E-state index contributed by atoms with van der Waals surface area (Å²) in [5, 5.41) is 28.4. The number of hydrogen-bond donors (Lipinski definition) is 5. The number of nitrogens with zero attached hydrogens (tertiary/aromatic N) is 1. The molecule has 0 aliphatic heterocycles. The molecule has 17 heavy (non-hydrogen) atoms. The lowest BCUT2D eigenvalue weighted by atomic mass is 10.2. The number of aromatic amines is 1. The third kappa shape index (κ3) is 4.51. The van der Waals surface area contributed by atoms with E-state index in [4.69, 9.17) is 10.2 Å². The van der Waals surface area contributed by atoms with Gasteiger partial charge in [-0.3, -0.25) is 5.10 Å². The molecule has 1 aromatic heterocycles. The molecule has 0 spiro atoms. The molecule has 5 N–H and O–H groups in total. The first-order valence-electron chi connectivity index (χ1n) is 4.99. The van der Waals surface area contributed by atoms with Gasteiger partial charge in [0, 0.05) is 31.3 Å². The molecule has 0 fully saturated rings. The molecule has 8 nitrogen and oxygen atoms in total. The fourth-order valence-electron chi connectivity index (χ4n) is 1.15. The van der Waals surface area contributed by atoms with Gasteiger partial charge in [-0.15, -0.1) is 0 Å². The molecule has 1 aromatic rings. The Bertz CT molecular complexity index is 365. The number of rotatable bonds is 6. The molecule has 0 unspecified atom stereocenters. The standard InChI is InChI=1S/C9H14N4O4/c14-2-1-7(8(15)16)13-9(17)10-3-6-4-11-12-5-6/h4-5,7,14H,1-3H2,(H,11,12)(H,15,16)(H2,10,13,17)/t7-/m1/s1. The lowest BCUT2D eigenvalue weighted by Crippen LogP contribution is -2.46. The molecule has 94 valence electrons. The zero-order chi connectivity index (χ0) is 12.7. The van der Waals surface area contributed by atoms with Gasteiger partial charge < -0.3 is 20.8 Å². The molecule has 0 aliphatic carbocycles. The molecule has 1 heterocycles. The number of carbonyl (C=O) groups excluding carboxylic acids is 1. The summed E-state index contributed by atoms with van der Waals surface area (Å²) in [6.07, 6.45) is 3.12. The van der Waals surface area contributed by atoms with Crippen molar-refractivity contribution >= 4 is 12.0 Å². The predicted molar refractivity (Wildman–Crippen MR) is 57.1 cm³/mol. The Kier molecular flexibility index (Phi) is 4.95. The highest BCUT2D eigenvalue weighted by Gasteiger charge is 2.18. The fourth-order valence-corrected chi connectivity index (χ4v) is 1.15. The first-order chi connectivity index (χ1) is 8.13. The largest absolute Gasteiger partial charge is 0.480 e. The Morgan fingerprint density at radius 1 is 1.53 bits per heavy atom. The fraction of sp³-hybridized carbons (Fsp3) is 0.444. The van der Waals surface area contributed by atoms with Crippen molar-refractivity contribution < 1.29 is 19.8 Å². The van der Waals surface area contributed by atoms with Crippen molar-refractivity contribution in [2.24, 2.45) is 0 Å². The molecule has 0 bridgehead atoms. The zero-order valence-corrected chi connectivity index (χ0v) is 9.01. The van der Waals surface area contributed by atoms with E-state index >= 15 is 0 Å². The number of amides is 2. The van der Waals surface area contributed by atoms with E-state index in [1.165, 1.54) is 0 Å². The summed E-state index contributed by atoms with van der Waals surface area (Å²) in [7, 11) is 0. The number of nitrogens with one attached hydrogen (secondary N) is 3. The van der Waals surface area contributed by atoms with Gasteiger partial charge in [0.1, 0.15) is 6.04 Å². The number of aliphatic hydroxyl groups excluding tert-OH is 1. The Balaban J connectivity index is 2.34. The number of aliphatic carboxylic acids is 1. The Morgan fingerprint density at radius 2 is 2.29 bits per heavy atom. The normalized spacial score (nSPS) is 11.8. The summed E-state index contributed by atoms with van der Waals surface area (Å²) >= 11 is 0. The van der Waals surface area contributed by atoms with Crippen molar-refractivity contribution in [3.05, 3.63) is 18.0 Å². The van der Waals surface area contributed by atoms with Crippen LogP contribution in [0.5, 0.6) is 0 Å². The number of carboxylic acids is 1. The molecule has 0 aromatic carbocycles. The molecule has 0 saturated heterocycles. The van der Waals surface area contributed by atoms with Gasteiger partial charge >= 0.3 is 12.0 Å². The maximum Gasteiger partial charge on any atom is 0.326 e. The Labute approximate surface area is 97.0 Å². The lowest BCUT2D eigenvalue weighted by molar-refractivity contribution is -0.139. The summed E-state index contributed by atoms with van der Waals surface area (Å²) in [5.74, 6) is -1.18. The smallest absolute Gasteiger partial charge is 0.326 e. The molecular weight excluding hydrogens is 228 g/mol. The zero-order valence-electron chi connectivity index (χ0n) is 9.01. The molecule has 1 rings (SSSR count). The van der Waals surface area contributed by atoms with Crippen molar-refractivity contribution in [2.45, 2.75) is 19.0 Å². The predicted octanol–water partition coefficient (Wildman–Crippen LogP) is -0.955. The van der Waals surface area contributed by atoms with Gasteiger partial charge in [0.05, 0.1) is 6.20 Å². The number of aliphatic hydroxyl groups is 1. The van der Waals surface area contributed by atoms with Crippen molar-refractivity contribution in [1.82, 2.24) is 20.8 Å². The van der Waals surface area contributed by atoms with Gasteiger partial charge in [-0.05, 0) is 0 Å². The number of aromatic nitrogens is 2. The highest BCUT2D eigenvalue weighted by molar-refractivity contribution is 5.82. The number of carbonyl (C=O) groups is 2. The quantitative estimate of drug-likeness (QED) is 0.439. The minimum atomic E-state index is -1.18. The summed E-state index contributed by atoms with van der Waals surface area (Å²) < 4.78 is 0. The maximum atomic E-state index is 11.3. The SMILES string of the molecule is O=C(NCc1cn[nH]c1)N[C@H](CCO)C(=O)O. The van der Waals surface area contributed by atoms with Crippen LogP contribution >= 0.6 is 0 Å². The van der Waals surface area contributed by atoms with Crippen molar-refractivity contribution in [3.63, 3.8) is 0 Å². The molecule has 2 amide bonds. The van der Waals surface area contributed by atoms with Gasteiger partial charge in [-0.1, -0.05) is 0 Å². The van der Waals surface area contributed by atoms with E-state index in [0.717, 1.165) is 5.56 Å². The molecule has 0 radical (unpaired) electrons. The second-order valence-electron chi connectivity index (χ2n) is 3.34. The summed E-state index contributed by atoms with van der Waals surface area (Å²) in [6, 6.07) is -1.70. The third-order valence-electron chi connectivity index (χ3n) is 2.03. The average molecular weight is 242 g/mol. The van der Waals surface area contributed by atoms with Crippen LogP contribution in [-0.4, -0.2) is 45.1 Å². The van der Waals surface area contributed by atoms with Crippen LogP contribution in [0.1, 0.15) is 12.0 Å².